The maximum Gasteiger partial charge on any atom is 0.228 e. The molecule has 0 radical (unpaired) electrons. The molecular formula is C17H22N2O2S. The van der Waals surface area contributed by atoms with E-state index in [1.807, 2.05) is 11.8 Å². The Morgan fingerprint density at radius 3 is 2.82 bits per heavy atom. The first kappa shape index (κ1) is 15.4. The Kier molecular flexibility index (Phi) is 4.45. The first-order chi connectivity index (χ1) is 10.6. The van der Waals surface area contributed by atoms with E-state index in [0.717, 1.165) is 35.7 Å². The highest BCUT2D eigenvalue weighted by Crippen LogP contribution is 2.33. The second-order valence-corrected chi connectivity index (χ2v) is 6.84. The molecule has 0 N–H and O–H groups in total. The summed E-state index contributed by atoms with van der Waals surface area (Å²) < 4.78 is 6.88. The van der Waals surface area contributed by atoms with Crippen LogP contribution in [0.5, 0.6) is 0 Å². The van der Waals surface area contributed by atoms with Gasteiger partial charge in [0, 0.05) is 13.0 Å². The summed E-state index contributed by atoms with van der Waals surface area (Å²) in [5.41, 5.74) is 3.38. The summed E-state index contributed by atoms with van der Waals surface area (Å²) >= 11 is 1.61. The lowest BCUT2D eigenvalue weighted by molar-refractivity contribution is -0.118. The fourth-order valence-corrected chi connectivity index (χ4v) is 3.97. The minimum absolute atomic E-state index is 0.116. The molecule has 118 valence electrons. The summed E-state index contributed by atoms with van der Waals surface area (Å²) in [6, 6.07) is 4.21. The van der Waals surface area contributed by atoms with Crippen LogP contribution in [0, 0.1) is 13.8 Å². The summed E-state index contributed by atoms with van der Waals surface area (Å²) in [7, 11) is 0. The van der Waals surface area contributed by atoms with Crippen molar-refractivity contribution in [3.63, 3.8) is 0 Å². The minimum Gasteiger partial charge on any atom is -0.376 e. The van der Waals surface area contributed by atoms with Gasteiger partial charge in [0.15, 0.2) is 5.13 Å². The number of anilines is 1. The van der Waals surface area contributed by atoms with Gasteiger partial charge in [0.05, 0.1) is 22.9 Å². The monoisotopic (exact) mass is 318 g/mol. The topological polar surface area (TPSA) is 42.4 Å². The molecule has 1 fully saturated rings. The van der Waals surface area contributed by atoms with Gasteiger partial charge >= 0.3 is 0 Å². The summed E-state index contributed by atoms with van der Waals surface area (Å²) in [5.74, 6) is 0.116. The van der Waals surface area contributed by atoms with Crippen molar-refractivity contribution in [3.05, 3.63) is 23.3 Å². The number of thiazole rings is 1. The van der Waals surface area contributed by atoms with Crippen LogP contribution in [-0.2, 0) is 9.53 Å². The largest absolute Gasteiger partial charge is 0.376 e. The van der Waals surface area contributed by atoms with Crippen LogP contribution in [0.3, 0.4) is 0 Å². The number of ether oxygens (including phenoxy) is 1. The second-order valence-electron chi connectivity index (χ2n) is 5.87. The average Bonchev–Trinajstić information content (AvgIpc) is 3.17. The molecule has 1 aliphatic heterocycles. The molecule has 1 atom stereocenters. The van der Waals surface area contributed by atoms with Gasteiger partial charge in [-0.1, -0.05) is 30.4 Å². The first-order valence-corrected chi connectivity index (χ1v) is 8.70. The lowest BCUT2D eigenvalue weighted by Gasteiger charge is -2.22. The molecule has 1 aliphatic rings. The van der Waals surface area contributed by atoms with Gasteiger partial charge in [0.2, 0.25) is 5.91 Å². The van der Waals surface area contributed by atoms with Crippen molar-refractivity contribution < 1.29 is 9.53 Å². The molecule has 2 aromatic rings. The van der Waals surface area contributed by atoms with Crippen LogP contribution in [0.4, 0.5) is 5.13 Å². The van der Waals surface area contributed by atoms with Crippen LogP contribution in [0.2, 0.25) is 0 Å². The SMILES string of the molecule is CCC(=O)N(CC1CCCO1)c1nc2c(C)ccc(C)c2s1. The molecule has 5 heteroatoms. The molecule has 2 heterocycles. The van der Waals surface area contributed by atoms with Gasteiger partial charge in [-0.05, 0) is 37.8 Å². The number of carbonyl (C=O) groups excluding carboxylic acids is 1. The number of benzene rings is 1. The fourth-order valence-electron chi connectivity index (χ4n) is 2.83. The third kappa shape index (κ3) is 2.88. The number of aryl methyl sites for hydroxylation is 2. The predicted molar refractivity (Wildman–Crippen MR) is 90.7 cm³/mol. The minimum atomic E-state index is 0.116. The zero-order chi connectivity index (χ0) is 15.7. The van der Waals surface area contributed by atoms with Crippen LogP contribution in [-0.4, -0.2) is 30.1 Å². The zero-order valence-corrected chi connectivity index (χ0v) is 14.2. The van der Waals surface area contributed by atoms with Crippen LogP contribution in [0.1, 0.15) is 37.3 Å². The number of nitrogens with zero attached hydrogens (tertiary/aromatic N) is 2. The summed E-state index contributed by atoms with van der Waals surface area (Å²) in [5, 5.41) is 0.801. The van der Waals surface area contributed by atoms with Gasteiger partial charge in [0.1, 0.15) is 0 Å². The van der Waals surface area contributed by atoms with Gasteiger partial charge in [-0.2, -0.15) is 0 Å². The van der Waals surface area contributed by atoms with E-state index in [1.165, 1.54) is 10.3 Å². The van der Waals surface area contributed by atoms with Crippen molar-refractivity contribution in [1.29, 1.82) is 0 Å². The summed E-state index contributed by atoms with van der Waals surface area (Å²) in [6.07, 6.45) is 2.73. The first-order valence-electron chi connectivity index (χ1n) is 7.89. The molecule has 1 amide bonds. The van der Waals surface area contributed by atoms with E-state index in [-0.39, 0.29) is 12.0 Å². The van der Waals surface area contributed by atoms with Gasteiger partial charge in [-0.3, -0.25) is 9.69 Å². The standard InChI is InChI=1S/C17H22N2O2S/c1-4-14(20)19(10-13-6-5-9-21-13)17-18-15-11(2)7-8-12(3)16(15)22-17/h7-8,13H,4-6,9-10H2,1-3H3. The fraction of sp³-hybridized carbons (Fsp3) is 0.529. The quantitative estimate of drug-likeness (QED) is 0.860. The smallest absolute Gasteiger partial charge is 0.228 e. The molecule has 0 aliphatic carbocycles. The molecular weight excluding hydrogens is 296 g/mol. The van der Waals surface area contributed by atoms with Crippen molar-refractivity contribution in [2.75, 3.05) is 18.1 Å². The van der Waals surface area contributed by atoms with Gasteiger partial charge in [-0.25, -0.2) is 4.98 Å². The molecule has 22 heavy (non-hydrogen) atoms. The third-order valence-electron chi connectivity index (χ3n) is 4.18. The molecule has 1 saturated heterocycles. The molecule has 1 unspecified atom stereocenters. The van der Waals surface area contributed by atoms with Crippen LogP contribution in [0.15, 0.2) is 12.1 Å². The number of aromatic nitrogens is 1. The molecule has 0 bridgehead atoms. The third-order valence-corrected chi connectivity index (χ3v) is 5.39. The molecule has 4 nitrogen and oxygen atoms in total. The van der Waals surface area contributed by atoms with E-state index >= 15 is 0 Å². The Bertz CT molecular complexity index is 650. The van der Waals surface area contributed by atoms with Crippen LogP contribution in [0.25, 0.3) is 10.2 Å². The predicted octanol–water partition coefficient (Wildman–Crippen LogP) is 3.84. The molecule has 1 aromatic carbocycles. The maximum absolute atomic E-state index is 12.4. The number of amides is 1. The number of rotatable bonds is 4. The summed E-state index contributed by atoms with van der Waals surface area (Å²) in [6.45, 7) is 7.48. The summed E-state index contributed by atoms with van der Waals surface area (Å²) in [4.78, 5) is 19.0. The van der Waals surface area contributed by atoms with Crippen LogP contribution < -0.4 is 4.90 Å². The molecule has 1 aromatic heterocycles. The van der Waals surface area contributed by atoms with Crippen LogP contribution >= 0.6 is 11.3 Å². The van der Waals surface area contributed by atoms with Crippen molar-refractivity contribution in [1.82, 2.24) is 4.98 Å². The Balaban J connectivity index is 1.98. The molecule has 0 saturated carbocycles. The van der Waals surface area contributed by atoms with Gasteiger partial charge in [-0.15, -0.1) is 0 Å². The zero-order valence-electron chi connectivity index (χ0n) is 13.4. The lowest BCUT2D eigenvalue weighted by Crippen LogP contribution is -2.37. The van der Waals surface area contributed by atoms with E-state index < -0.39 is 0 Å². The normalized spacial score (nSPS) is 18.0. The van der Waals surface area contributed by atoms with E-state index in [9.17, 15) is 4.79 Å². The highest BCUT2D eigenvalue weighted by atomic mass is 32.1. The van der Waals surface area contributed by atoms with Gasteiger partial charge < -0.3 is 4.74 Å². The van der Waals surface area contributed by atoms with E-state index in [2.05, 4.69) is 26.0 Å². The van der Waals surface area contributed by atoms with E-state index in [1.54, 1.807) is 11.3 Å². The number of hydrogen-bond acceptors (Lipinski definition) is 4. The maximum atomic E-state index is 12.4. The lowest BCUT2D eigenvalue weighted by atomic mass is 10.1. The van der Waals surface area contributed by atoms with Crippen molar-refractivity contribution >= 4 is 32.6 Å². The van der Waals surface area contributed by atoms with Gasteiger partial charge in [0.25, 0.3) is 0 Å². The van der Waals surface area contributed by atoms with E-state index in [4.69, 9.17) is 9.72 Å². The highest BCUT2D eigenvalue weighted by molar-refractivity contribution is 7.22. The van der Waals surface area contributed by atoms with Crippen molar-refractivity contribution in [2.45, 2.75) is 46.1 Å². The molecule has 3 rings (SSSR count). The number of hydrogen-bond donors (Lipinski definition) is 0. The highest BCUT2D eigenvalue weighted by Gasteiger charge is 2.25. The Morgan fingerprint density at radius 1 is 1.41 bits per heavy atom. The Morgan fingerprint density at radius 2 is 2.18 bits per heavy atom. The number of carbonyl (C=O) groups is 1. The van der Waals surface area contributed by atoms with E-state index in [0.29, 0.717) is 13.0 Å². The Labute approximate surface area is 135 Å². The number of fused-ring (bicyclic) bond motifs is 1. The second kappa shape index (κ2) is 6.34. The molecule has 0 spiro atoms. The van der Waals surface area contributed by atoms with Crippen molar-refractivity contribution in [2.24, 2.45) is 0 Å². The Hall–Kier alpha value is -1.46. The average molecular weight is 318 g/mol. The van der Waals surface area contributed by atoms with Crippen molar-refractivity contribution in [3.8, 4) is 0 Å².